The van der Waals surface area contributed by atoms with Crippen molar-refractivity contribution >= 4 is 26.0 Å². The molecule has 2 saturated heterocycles. The highest BCUT2D eigenvalue weighted by atomic mass is 32.2. The molecule has 0 spiro atoms. The lowest BCUT2D eigenvalue weighted by Gasteiger charge is -2.33. The van der Waals surface area contributed by atoms with E-state index in [4.69, 9.17) is 4.42 Å². The van der Waals surface area contributed by atoms with Crippen molar-refractivity contribution in [2.45, 2.75) is 22.6 Å². The second kappa shape index (κ2) is 8.14. The van der Waals surface area contributed by atoms with Crippen molar-refractivity contribution in [3.63, 3.8) is 0 Å². The van der Waals surface area contributed by atoms with Gasteiger partial charge in [-0.2, -0.15) is 8.61 Å². The highest BCUT2D eigenvalue weighted by Crippen LogP contribution is 2.24. The molecule has 9 nitrogen and oxygen atoms in total. The Morgan fingerprint density at radius 2 is 1.23 bits per heavy atom. The Kier molecular flexibility index (Phi) is 5.71. The Hall–Kier alpha value is -2.21. The first-order valence-electron chi connectivity index (χ1n) is 9.73. The number of sulfonamides is 2. The van der Waals surface area contributed by atoms with Crippen LogP contribution in [0, 0.1) is 0 Å². The number of amides is 1. The molecule has 0 unspecified atom stereocenters. The lowest BCUT2D eigenvalue weighted by Crippen LogP contribution is -2.50. The number of carbonyl (C=O) groups excluding carboxylic acids is 1. The summed E-state index contributed by atoms with van der Waals surface area (Å²) in [6.07, 6.45) is 3.09. The van der Waals surface area contributed by atoms with Crippen LogP contribution in [0.15, 0.2) is 56.9 Å². The number of benzene rings is 1. The zero-order valence-corrected chi connectivity index (χ0v) is 17.9. The number of furan rings is 1. The Bertz CT molecular complexity index is 1100. The van der Waals surface area contributed by atoms with E-state index in [1.165, 1.54) is 39.1 Å². The first-order chi connectivity index (χ1) is 14.3. The van der Waals surface area contributed by atoms with Crippen molar-refractivity contribution in [1.82, 2.24) is 13.5 Å². The van der Waals surface area contributed by atoms with Crippen LogP contribution in [0.4, 0.5) is 0 Å². The van der Waals surface area contributed by atoms with Gasteiger partial charge in [-0.25, -0.2) is 16.8 Å². The van der Waals surface area contributed by atoms with Crippen molar-refractivity contribution in [1.29, 1.82) is 0 Å². The Labute approximate surface area is 176 Å². The average Bonchev–Trinajstić information content (AvgIpc) is 3.48. The fourth-order valence-corrected chi connectivity index (χ4v) is 6.64. The SMILES string of the molecule is O=C(c1ccco1)N1CCN(S(=O)(=O)c2ccc(S(=O)(=O)N3CCCC3)cc2)CC1. The van der Waals surface area contributed by atoms with E-state index in [2.05, 4.69) is 0 Å². The van der Waals surface area contributed by atoms with Crippen molar-refractivity contribution in [3.05, 3.63) is 48.4 Å². The van der Waals surface area contributed by atoms with Gasteiger partial charge in [-0.05, 0) is 49.2 Å². The summed E-state index contributed by atoms with van der Waals surface area (Å²) in [6.45, 7) is 1.79. The number of rotatable bonds is 5. The van der Waals surface area contributed by atoms with E-state index in [1.807, 2.05) is 0 Å². The van der Waals surface area contributed by atoms with Crippen LogP contribution in [0.25, 0.3) is 0 Å². The highest BCUT2D eigenvalue weighted by molar-refractivity contribution is 7.89. The van der Waals surface area contributed by atoms with Gasteiger partial charge in [-0.1, -0.05) is 0 Å². The minimum absolute atomic E-state index is 0.0358. The van der Waals surface area contributed by atoms with Gasteiger partial charge >= 0.3 is 0 Å². The number of carbonyl (C=O) groups is 1. The molecule has 3 heterocycles. The topological polar surface area (TPSA) is 108 Å². The molecule has 2 aliphatic rings. The fraction of sp³-hybridized carbons (Fsp3) is 0.421. The molecule has 2 fully saturated rings. The van der Waals surface area contributed by atoms with E-state index in [-0.39, 0.29) is 47.6 Å². The maximum atomic E-state index is 13.0. The van der Waals surface area contributed by atoms with Gasteiger partial charge in [-0.15, -0.1) is 0 Å². The second-order valence-corrected chi connectivity index (χ2v) is 11.1. The van der Waals surface area contributed by atoms with E-state index >= 15 is 0 Å². The first kappa shape index (κ1) is 21.0. The summed E-state index contributed by atoms with van der Waals surface area (Å²) < 4.78 is 59.0. The first-order valence-corrected chi connectivity index (χ1v) is 12.6. The standard InChI is InChI=1S/C19H23N3O6S2/c23-19(18-4-3-15-28-18)20-11-13-22(14-12-20)30(26,27)17-7-5-16(6-8-17)29(24,25)21-9-1-2-10-21/h3-8,15H,1-2,9-14H2. The zero-order chi connectivity index (χ0) is 21.4. The Morgan fingerprint density at radius 1 is 0.733 bits per heavy atom. The summed E-state index contributed by atoms with van der Waals surface area (Å²) in [7, 11) is -7.38. The molecule has 1 aromatic carbocycles. The van der Waals surface area contributed by atoms with E-state index in [1.54, 1.807) is 17.0 Å². The van der Waals surface area contributed by atoms with Crippen molar-refractivity contribution in [2.75, 3.05) is 39.3 Å². The number of hydrogen-bond acceptors (Lipinski definition) is 6. The predicted octanol–water partition coefficient (Wildman–Crippen LogP) is 1.21. The molecule has 0 saturated carbocycles. The molecule has 30 heavy (non-hydrogen) atoms. The molecule has 0 bridgehead atoms. The van der Waals surface area contributed by atoms with Gasteiger partial charge in [0.05, 0.1) is 16.1 Å². The van der Waals surface area contributed by atoms with Gasteiger partial charge in [0.2, 0.25) is 20.0 Å². The number of nitrogens with zero attached hydrogens (tertiary/aromatic N) is 3. The summed E-state index contributed by atoms with van der Waals surface area (Å²) in [6, 6.07) is 8.55. The third-order valence-corrected chi connectivity index (χ3v) is 9.25. The molecule has 1 amide bonds. The molecule has 4 rings (SSSR count). The van der Waals surface area contributed by atoms with Gasteiger partial charge in [0.15, 0.2) is 5.76 Å². The minimum Gasteiger partial charge on any atom is -0.459 e. The highest BCUT2D eigenvalue weighted by Gasteiger charge is 2.32. The minimum atomic E-state index is -3.78. The van der Waals surface area contributed by atoms with Gasteiger partial charge in [-0.3, -0.25) is 4.79 Å². The Morgan fingerprint density at radius 3 is 1.70 bits per heavy atom. The van der Waals surface area contributed by atoms with Crippen molar-refractivity contribution in [3.8, 4) is 0 Å². The van der Waals surface area contributed by atoms with E-state index < -0.39 is 20.0 Å². The quantitative estimate of drug-likeness (QED) is 0.673. The summed E-state index contributed by atoms with van der Waals surface area (Å²) in [5.74, 6) is -0.0466. The molecular weight excluding hydrogens is 430 g/mol. The average molecular weight is 454 g/mol. The maximum Gasteiger partial charge on any atom is 0.289 e. The number of piperazine rings is 1. The van der Waals surface area contributed by atoms with Crippen LogP contribution < -0.4 is 0 Å². The van der Waals surface area contributed by atoms with Gasteiger partial charge in [0, 0.05) is 39.3 Å². The Balaban J connectivity index is 1.44. The van der Waals surface area contributed by atoms with Crippen LogP contribution in [0.1, 0.15) is 23.4 Å². The largest absolute Gasteiger partial charge is 0.459 e. The molecule has 0 radical (unpaired) electrons. The molecule has 0 aliphatic carbocycles. The van der Waals surface area contributed by atoms with Gasteiger partial charge in [0.1, 0.15) is 0 Å². The molecule has 0 N–H and O–H groups in total. The molecule has 11 heteroatoms. The maximum absolute atomic E-state index is 13.0. The molecule has 162 valence electrons. The van der Waals surface area contributed by atoms with E-state index in [0.717, 1.165) is 12.8 Å². The van der Waals surface area contributed by atoms with Gasteiger partial charge in [0.25, 0.3) is 5.91 Å². The van der Waals surface area contributed by atoms with Crippen LogP contribution in [0.2, 0.25) is 0 Å². The lowest BCUT2D eigenvalue weighted by atomic mass is 10.3. The molecular formula is C19H23N3O6S2. The van der Waals surface area contributed by atoms with Crippen LogP contribution in [-0.4, -0.2) is 75.5 Å². The lowest BCUT2D eigenvalue weighted by molar-refractivity contribution is 0.0666. The normalized spacial score (nSPS) is 19.3. The van der Waals surface area contributed by atoms with Crippen molar-refractivity contribution in [2.24, 2.45) is 0 Å². The third-order valence-electron chi connectivity index (χ3n) is 5.42. The van der Waals surface area contributed by atoms with Crippen LogP contribution in [0.3, 0.4) is 0 Å². The van der Waals surface area contributed by atoms with Crippen LogP contribution in [-0.2, 0) is 20.0 Å². The monoisotopic (exact) mass is 453 g/mol. The molecule has 2 aromatic rings. The van der Waals surface area contributed by atoms with Crippen LogP contribution >= 0.6 is 0 Å². The smallest absolute Gasteiger partial charge is 0.289 e. The van der Waals surface area contributed by atoms with Crippen LogP contribution in [0.5, 0.6) is 0 Å². The van der Waals surface area contributed by atoms with Crippen molar-refractivity contribution < 1.29 is 26.0 Å². The van der Waals surface area contributed by atoms with E-state index in [0.29, 0.717) is 13.1 Å². The summed E-state index contributed by atoms with van der Waals surface area (Å²) in [5.41, 5.74) is 0. The number of hydrogen-bond donors (Lipinski definition) is 0. The molecule has 0 atom stereocenters. The predicted molar refractivity (Wildman–Crippen MR) is 108 cm³/mol. The second-order valence-electron chi connectivity index (χ2n) is 7.26. The fourth-order valence-electron chi connectivity index (χ4n) is 3.70. The van der Waals surface area contributed by atoms with Gasteiger partial charge < -0.3 is 9.32 Å². The summed E-state index contributed by atoms with van der Waals surface area (Å²) in [4.78, 5) is 14.0. The summed E-state index contributed by atoms with van der Waals surface area (Å²) in [5, 5.41) is 0. The zero-order valence-electron chi connectivity index (χ0n) is 16.3. The van der Waals surface area contributed by atoms with E-state index in [9.17, 15) is 21.6 Å². The molecule has 2 aliphatic heterocycles. The molecule has 1 aromatic heterocycles. The summed E-state index contributed by atoms with van der Waals surface area (Å²) >= 11 is 0. The third kappa shape index (κ3) is 3.89.